The topological polar surface area (TPSA) is 67.1 Å². The normalized spacial score (nSPS) is 16.8. The zero-order chi connectivity index (χ0) is 14.1. The molecule has 0 bridgehead atoms. The number of halogens is 3. The standard InChI is InChI=1S/C12H14F3N3O/c13-12(14,15)11(5-6-11)18-10(19)17-9-3-1-8(7-16)2-4-9/h1-4H,5-7,16H2,(H2,17,18,19). The van der Waals surface area contributed by atoms with Crippen molar-refractivity contribution in [2.45, 2.75) is 31.1 Å². The highest BCUT2D eigenvalue weighted by Crippen LogP contribution is 2.48. The van der Waals surface area contributed by atoms with E-state index in [0.29, 0.717) is 12.2 Å². The Kier molecular flexibility index (Phi) is 3.40. The number of anilines is 1. The zero-order valence-corrected chi connectivity index (χ0v) is 10.1. The molecule has 4 nitrogen and oxygen atoms in total. The minimum atomic E-state index is -4.41. The Bertz CT molecular complexity index is 466. The number of carbonyl (C=O) groups excluding carboxylic acids is 1. The molecule has 7 heteroatoms. The van der Waals surface area contributed by atoms with E-state index in [0.717, 1.165) is 5.56 Å². The molecule has 2 amide bonds. The van der Waals surface area contributed by atoms with Gasteiger partial charge in [-0.2, -0.15) is 13.2 Å². The second-order valence-electron chi connectivity index (χ2n) is 4.56. The van der Waals surface area contributed by atoms with Crippen molar-refractivity contribution in [2.75, 3.05) is 5.32 Å². The predicted octanol–water partition coefficient (Wildman–Crippen LogP) is 2.36. The van der Waals surface area contributed by atoms with Crippen LogP contribution in [-0.2, 0) is 6.54 Å². The van der Waals surface area contributed by atoms with E-state index >= 15 is 0 Å². The molecule has 1 fully saturated rings. The van der Waals surface area contributed by atoms with Crippen LogP contribution in [0.2, 0.25) is 0 Å². The molecule has 1 aromatic rings. The van der Waals surface area contributed by atoms with Crippen LogP contribution in [0.25, 0.3) is 0 Å². The largest absolute Gasteiger partial charge is 0.411 e. The SMILES string of the molecule is NCc1ccc(NC(=O)NC2(C(F)(F)F)CC2)cc1. The van der Waals surface area contributed by atoms with Crippen LogP contribution in [0, 0.1) is 0 Å². The third-order valence-electron chi connectivity index (χ3n) is 3.09. The van der Waals surface area contributed by atoms with Crippen LogP contribution in [0.1, 0.15) is 18.4 Å². The first-order valence-corrected chi connectivity index (χ1v) is 5.81. The number of hydrogen-bond donors (Lipinski definition) is 3. The summed E-state index contributed by atoms with van der Waals surface area (Å²) in [5.74, 6) is 0. The molecule has 2 rings (SSSR count). The quantitative estimate of drug-likeness (QED) is 0.791. The summed E-state index contributed by atoms with van der Waals surface area (Å²) < 4.78 is 37.9. The Labute approximate surface area is 108 Å². The molecule has 0 saturated heterocycles. The van der Waals surface area contributed by atoms with Crippen molar-refractivity contribution < 1.29 is 18.0 Å². The minimum Gasteiger partial charge on any atom is -0.326 e. The molecule has 0 spiro atoms. The summed E-state index contributed by atoms with van der Waals surface area (Å²) in [4.78, 5) is 11.5. The van der Waals surface area contributed by atoms with Crippen molar-refractivity contribution >= 4 is 11.7 Å². The molecule has 0 unspecified atom stereocenters. The maximum Gasteiger partial charge on any atom is 0.411 e. The van der Waals surface area contributed by atoms with Crippen molar-refractivity contribution in [1.29, 1.82) is 0 Å². The van der Waals surface area contributed by atoms with Gasteiger partial charge in [0, 0.05) is 12.2 Å². The summed E-state index contributed by atoms with van der Waals surface area (Å²) in [6.07, 6.45) is -4.56. The second-order valence-corrected chi connectivity index (χ2v) is 4.56. The zero-order valence-electron chi connectivity index (χ0n) is 10.1. The lowest BCUT2D eigenvalue weighted by molar-refractivity contribution is -0.162. The van der Waals surface area contributed by atoms with Gasteiger partial charge in [0.15, 0.2) is 0 Å². The first kappa shape index (κ1) is 13.7. The molecule has 0 aromatic heterocycles. The fourth-order valence-corrected chi connectivity index (χ4v) is 1.71. The van der Waals surface area contributed by atoms with Crippen molar-refractivity contribution in [3.05, 3.63) is 29.8 Å². The number of benzene rings is 1. The monoisotopic (exact) mass is 273 g/mol. The van der Waals surface area contributed by atoms with Crippen molar-refractivity contribution in [2.24, 2.45) is 5.73 Å². The van der Waals surface area contributed by atoms with Gasteiger partial charge in [-0.05, 0) is 30.5 Å². The molecule has 4 N–H and O–H groups in total. The lowest BCUT2D eigenvalue weighted by Crippen LogP contribution is -2.49. The number of rotatable bonds is 3. The van der Waals surface area contributed by atoms with Crippen LogP contribution >= 0.6 is 0 Å². The van der Waals surface area contributed by atoms with Gasteiger partial charge >= 0.3 is 12.2 Å². The average Bonchev–Trinajstić information content (AvgIpc) is 3.10. The lowest BCUT2D eigenvalue weighted by atomic mass is 10.2. The van der Waals surface area contributed by atoms with Gasteiger partial charge < -0.3 is 16.4 Å². The Balaban J connectivity index is 1.94. The van der Waals surface area contributed by atoms with Gasteiger partial charge in [0.2, 0.25) is 0 Å². The highest BCUT2D eigenvalue weighted by Gasteiger charge is 2.64. The Morgan fingerprint density at radius 1 is 1.26 bits per heavy atom. The van der Waals surface area contributed by atoms with E-state index in [-0.39, 0.29) is 12.8 Å². The summed E-state index contributed by atoms with van der Waals surface area (Å²) in [5.41, 5.74) is 4.67. The van der Waals surface area contributed by atoms with Crippen molar-refractivity contribution in [1.82, 2.24) is 5.32 Å². The lowest BCUT2D eigenvalue weighted by Gasteiger charge is -2.20. The fraction of sp³-hybridized carbons (Fsp3) is 0.417. The average molecular weight is 273 g/mol. The number of nitrogens with one attached hydrogen (secondary N) is 2. The number of urea groups is 1. The van der Waals surface area contributed by atoms with Gasteiger partial charge in [0.05, 0.1) is 0 Å². The van der Waals surface area contributed by atoms with E-state index in [1.165, 1.54) is 0 Å². The molecule has 1 aliphatic carbocycles. The summed E-state index contributed by atoms with van der Waals surface area (Å²) >= 11 is 0. The predicted molar refractivity (Wildman–Crippen MR) is 64.5 cm³/mol. The van der Waals surface area contributed by atoms with Gasteiger partial charge in [0.1, 0.15) is 5.54 Å². The molecule has 1 aromatic carbocycles. The summed E-state index contributed by atoms with van der Waals surface area (Å²) in [6.45, 7) is 0.365. The third-order valence-corrected chi connectivity index (χ3v) is 3.09. The van der Waals surface area contributed by atoms with Gasteiger partial charge in [-0.3, -0.25) is 0 Å². The van der Waals surface area contributed by atoms with Crippen LogP contribution in [0.15, 0.2) is 24.3 Å². The van der Waals surface area contributed by atoms with Crippen molar-refractivity contribution in [3.63, 3.8) is 0 Å². The maximum absolute atomic E-state index is 12.6. The van der Waals surface area contributed by atoms with Crippen LogP contribution in [0.3, 0.4) is 0 Å². The molecular weight excluding hydrogens is 259 g/mol. The fourth-order valence-electron chi connectivity index (χ4n) is 1.71. The molecule has 1 aliphatic rings. The summed E-state index contributed by atoms with van der Waals surface area (Å²) in [5, 5.41) is 4.36. The highest BCUT2D eigenvalue weighted by atomic mass is 19.4. The minimum absolute atomic E-state index is 0.0734. The van der Waals surface area contributed by atoms with Crippen LogP contribution < -0.4 is 16.4 Å². The molecule has 1 saturated carbocycles. The number of amides is 2. The van der Waals surface area contributed by atoms with E-state index in [4.69, 9.17) is 5.73 Å². The molecular formula is C12H14F3N3O. The van der Waals surface area contributed by atoms with Crippen LogP contribution in [0.4, 0.5) is 23.7 Å². The van der Waals surface area contributed by atoms with Gasteiger partial charge in [-0.25, -0.2) is 4.79 Å². The maximum atomic E-state index is 12.6. The van der Waals surface area contributed by atoms with E-state index in [2.05, 4.69) is 5.32 Å². The summed E-state index contributed by atoms with van der Waals surface area (Å²) in [7, 11) is 0. The number of carbonyl (C=O) groups is 1. The third kappa shape index (κ3) is 2.98. The van der Waals surface area contributed by atoms with Gasteiger partial charge in [-0.15, -0.1) is 0 Å². The smallest absolute Gasteiger partial charge is 0.326 e. The van der Waals surface area contributed by atoms with Crippen molar-refractivity contribution in [3.8, 4) is 0 Å². The first-order valence-electron chi connectivity index (χ1n) is 5.81. The molecule has 0 radical (unpaired) electrons. The molecule has 19 heavy (non-hydrogen) atoms. The number of hydrogen-bond acceptors (Lipinski definition) is 2. The Morgan fingerprint density at radius 3 is 2.26 bits per heavy atom. The van der Waals surface area contributed by atoms with E-state index in [1.807, 2.05) is 5.32 Å². The Morgan fingerprint density at radius 2 is 1.84 bits per heavy atom. The highest BCUT2D eigenvalue weighted by molar-refractivity contribution is 5.90. The number of nitrogens with two attached hydrogens (primary N) is 1. The second kappa shape index (κ2) is 4.73. The molecule has 0 aliphatic heterocycles. The summed E-state index contributed by atoms with van der Waals surface area (Å²) in [6, 6.07) is 5.73. The molecule has 0 heterocycles. The van der Waals surface area contributed by atoms with E-state index in [1.54, 1.807) is 24.3 Å². The number of alkyl halides is 3. The van der Waals surface area contributed by atoms with Crippen LogP contribution in [-0.4, -0.2) is 17.7 Å². The van der Waals surface area contributed by atoms with Crippen LogP contribution in [0.5, 0.6) is 0 Å². The van der Waals surface area contributed by atoms with E-state index < -0.39 is 17.7 Å². The molecule has 104 valence electrons. The van der Waals surface area contributed by atoms with Gasteiger partial charge in [-0.1, -0.05) is 12.1 Å². The Hall–Kier alpha value is -1.76. The van der Waals surface area contributed by atoms with E-state index in [9.17, 15) is 18.0 Å². The first-order chi connectivity index (χ1) is 8.86. The molecule has 0 atom stereocenters. The van der Waals surface area contributed by atoms with Gasteiger partial charge in [0.25, 0.3) is 0 Å².